The van der Waals surface area contributed by atoms with E-state index in [0.717, 1.165) is 17.8 Å². The van der Waals surface area contributed by atoms with Gasteiger partial charge in [0.15, 0.2) is 8.68 Å². The topological polar surface area (TPSA) is 50.3 Å². The van der Waals surface area contributed by atoms with Crippen LogP contribution in [0.3, 0.4) is 0 Å². The zero-order valence-electron chi connectivity index (χ0n) is 7.90. The molecule has 0 aromatic carbocycles. The number of sulfonamides is 1. The van der Waals surface area contributed by atoms with Crippen molar-refractivity contribution in [3.05, 3.63) is 10.7 Å². The van der Waals surface area contributed by atoms with E-state index in [2.05, 4.69) is 4.98 Å². The monoisotopic (exact) mass is 254 g/mol. The Labute approximate surface area is 92.6 Å². The molecule has 0 aliphatic heterocycles. The van der Waals surface area contributed by atoms with E-state index in [0.29, 0.717) is 6.54 Å². The van der Waals surface area contributed by atoms with Crippen LogP contribution in [0.4, 0.5) is 0 Å². The van der Waals surface area contributed by atoms with Crippen molar-refractivity contribution in [3.8, 4) is 0 Å². The average Bonchev–Trinajstić information content (AvgIpc) is 2.52. The van der Waals surface area contributed by atoms with Crippen molar-refractivity contribution in [2.75, 3.05) is 13.6 Å². The van der Waals surface area contributed by atoms with Crippen LogP contribution in [0, 0.1) is 0 Å². The van der Waals surface area contributed by atoms with Gasteiger partial charge in [0.25, 0.3) is 10.0 Å². The molecule has 0 aliphatic rings. The van der Waals surface area contributed by atoms with E-state index in [1.165, 1.54) is 10.5 Å². The third-order valence-electron chi connectivity index (χ3n) is 1.66. The van der Waals surface area contributed by atoms with Crippen molar-refractivity contribution in [3.63, 3.8) is 0 Å². The molecule has 0 saturated heterocycles. The summed E-state index contributed by atoms with van der Waals surface area (Å²) >= 11 is 6.55. The summed E-state index contributed by atoms with van der Waals surface area (Å²) in [5, 5.41) is 0. The largest absolute Gasteiger partial charge is 0.253 e. The lowest BCUT2D eigenvalue weighted by atomic mass is 10.5. The highest BCUT2D eigenvalue weighted by Crippen LogP contribution is 2.24. The normalized spacial score (nSPS) is 12.3. The molecule has 0 amide bonds. The van der Waals surface area contributed by atoms with Gasteiger partial charge in [-0.1, -0.05) is 29.9 Å². The predicted octanol–water partition coefficient (Wildman–Crippen LogP) is 1.83. The van der Waals surface area contributed by atoms with E-state index in [1.54, 1.807) is 7.05 Å². The van der Waals surface area contributed by atoms with E-state index in [9.17, 15) is 8.42 Å². The highest BCUT2D eigenvalue weighted by molar-refractivity contribution is 7.91. The number of halogens is 1. The fourth-order valence-electron chi connectivity index (χ4n) is 0.947. The van der Waals surface area contributed by atoms with Crippen molar-refractivity contribution in [1.29, 1.82) is 0 Å². The SMILES string of the molecule is CCCN(C)S(=O)(=O)c1cnc(Cl)s1. The number of hydrogen-bond donors (Lipinski definition) is 0. The highest BCUT2D eigenvalue weighted by Gasteiger charge is 2.22. The van der Waals surface area contributed by atoms with Gasteiger partial charge in [-0.25, -0.2) is 17.7 Å². The zero-order valence-corrected chi connectivity index (χ0v) is 10.3. The molecule has 1 rings (SSSR count). The molecule has 0 N–H and O–H groups in total. The van der Waals surface area contributed by atoms with Crippen LogP contribution in [0.5, 0.6) is 0 Å². The zero-order chi connectivity index (χ0) is 10.8. The van der Waals surface area contributed by atoms with Crippen LogP contribution in [-0.4, -0.2) is 31.3 Å². The molecular weight excluding hydrogens is 244 g/mol. The molecule has 80 valence electrons. The van der Waals surface area contributed by atoms with Gasteiger partial charge in [-0.15, -0.1) is 0 Å². The third-order valence-corrected chi connectivity index (χ3v) is 5.07. The Hall–Kier alpha value is -0.170. The molecule has 1 heterocycles. The fraction of sp³-hybridized carbons (Fsp3) is 0.571. The van der Waals surface area contributed by atoms with Crippen molar-refractivity contribution in [2.24, 2.45) is 0 Å². The van der Waals surface area contributed by atoms with E-state index in [1.807, 2.05) is 6.92 Å². The number of hydrogen-bond acceptors (Lipinski definition) is 4. The van der Waals surface area contributed by atoms with Gasteiger partial charge in [0, 0.05) is 13.6 Å². The minimum Gasteiger partial charge on any atom is -0.232 e. The van der Waals surface area contributed by atoms with E-state index in [-0.39, 0.29) is 8.68 Å². The molecule has 0 atom stereocenters. The molecule has 7 heteroatoms. The van der Waals surface area contributed by atoms with Crippen LogP contribution in [0.1, 0.15) is 13.3 Å². The first kappa shape index (κ1) is 11.9. The molecule has 0 unspecified atom stereocenters. The van der Waals surface area contributed by atoms with Crippen LogP contribution in [0.2, 0.25) is 4.47 Å². The lowest BCUT2D eigenvalue weighted by Gasteiger charge is -2.13. The summed E-state index contributed by atoms with van der Waals surface area (Å²) in [4.78, 5) is 3.70. The van der Waals surface area contributed by atoms with Gasteiger partial charge in [-0.3, -0.25) is 0 Å². The summed E-state index contributed by atoms with van der Waals surface area (Å²) < 4.78 is 25.3. The van der Waals surface area contributed by atoms with E-state index < -0.39 is 10.0 Å². The Balaban J connectivity index is 2.96. The Morgan fingerprint density at radius 3 is 2.71 bits per heavy atom. The molecule has 1 aromatic heterocycles. The molecule has 4 nitrogen and oxygen atoms in total. The Morgan fingerprint density at radius 2 is 2.29 bits per heavy atom. The molecule has 14 heavy (non-hydrogen) atoms. The first-order chi connectivity index (χ1) is 6.48. The van der Waals surface area contributed by atoms with Crippen molar-refractivity contribution >= 4 is 33.0 Å². The minimum atomic E-state index is -3.38. The molecule has 0 saturated carbocycles. The number of aromatic nitrogens is 1. The van der Waals surface area contributed by atoms with Crippen molar-refractivity contribution in [2.45, 2.75) is 17.6 Å². The number of rotatable bonds is 4. The molecule has 0 aliphatic carbocycles. The molecule has 1 aromatic rings. The maximum absolute atomic E-state index is 11.8. The minimum absolute atomic E-state index is 0.193. The fourth-order valence-corrected chi connectivity index (χ4v) is 3.72. The number of nitrogens with zero attached hydrogens (tertiary/aromatic N) is 2. The van der Waals surface area contributed by atoms with Crippen LogP contribution in [0.25, 0.3) is 0 Å². The lowest BCUT2D eigenvalue weighted by Crippen LogP contribution is -2.26. The molecule has 0 spiro atoms. The summed E-state index contributed by atoms with van der Waals surface area (Å²) in [6.45, 7) is 2.42. The molecule has 0 fully saturated rings. The average molecular weight is 255 g/mol. The summed E-state index contributed by atoms with van der Waals surface area (Å²) in [6, 6.07) is 0. The first-order valence-electron chi connectivity index (χ1n) is 4.06. The summed E-state index contributed by atoms with van der Waals surface area (Å²) in [5.41, 5.74) is 0. The maximum atomic E-state index is 11.8. The smallest absolute Gasteiger partial charge is 0.232 e. The van der Waals surface area contributed by atoms with Crippen LogP contribution < -0.4 is 0 Å². The summed E-state index contributed by atoms with van der Waals surface area (Å²) in [6.07, 6.45) is 2.07. The number of thiazole rings is 1. The van der Waals surface area contributed by atoms with Crippen LogP contribution >= 0.6 is 22.9 Å². The second kappa shape index (κ2) is 4.57. The van der Waals surface area contributed by atoms with E-state index >= 15 is 0 Å². The van der Waals surface area contributed by atoms with Crippen LogP contribution in [-0.2, 0) is 10.0 Å². The van der Waals surface area contributed by atoms with Gasteiger partial charge in [0.05, 0.1) is 6.20 Å². The first-order valence-corrected chi connectivity index (χ1v) is 6.69. The van der Waals surface area contributed by atoms with Crippen LogP contribution in [0.15, 0.2) is 10.4 Å². The molecule has 0 bridgehead atoms. The van der Waals surface area contributed by atoms with Gasteiger partial charge >= 0.3 is 0 Å². The lowest BCUT2D eigenvalue weighted by molar-refractivity contribution is 0.470. The van der Waals surface area contributed by atoms with Gasteiger partial charge in [-0.2, -0.15) is 0 Å². The maximum Gasteiger partial charge on any atom is 0.253 e. The Kier molecular flexibility index (Phi) is 3.88. The quantitative estimate of drug-likeness (QED) is 0.824. The van der Waals surface area contributed by atoms with Gasteiger partial charge in [0.1, 0.15) is 0 Å². The highest BCUT2D eigenvalue weighted by atomic mass is 35.5. The second-order valence-corrected chi connectivity index (χ2v) is 6.64. The van der Waals surface area contributed by atoms with Crippen molar-refractivity contribution < 1.29 is 8.42 Å². The standard InChI is InChI=1S/C7H11ClN2O2S2/c1-3-4-10(2)14(11,12)6-5-9-7(8)13-6/h5H,3-4H2,1-2H3. The van der Waals surface area contributed by atoms with Crippen molar-refractivity contribution in [1.82, 2.24) is 9.29 Å². The van der Waals surface area contributed by atoms with E-state index in [4.69, 9.17) is 11.6 Å². The predicted molar refractivity (Wildman–Crippen MR) is 57.2 cm³/mol. The summed E-state index contributed by atoms with van der Waals surface area (Å²) in [5.74, 6) is 0. The van der Waals surface area contributed by atoms with Gasteiger partial charge < -0.3 is 0 Å². The second-order valence-electron chi connectivity index (χ2n) is 2.76. The Morgan fingerprint density at radius 1 is 1.64 bits per heavy atom. The van der Waals surface area contributed by atoms with Gasteiger partial charge in [0.2, 0.25) is 0 Å². The summed E-state index contributed by atoms with van der Waals surface area (Å²) in [7, 11) is -1.83. The molecule has 0 radical (unpaired) electrons. The third kappa shape index (κ3) is 2.44. The van der Waals surface area contributed by atoms with Gasteiger partial charge in [-0.05, 0) is 6.42 Å². The Bertz CT molecular complexity index is 402. The molecular formula is C7H11ClN2O2S2.